The molecule has 3 rings (SSSR count). The Morgan fingerprint density at radius 1 is 1.07 bits per heavy atom. The maximum atomic E-state index is 12.2. The summed E-state index contributed by atoms with van der Waals surface area (Å²) in [5.41, 5.74) is 1.62. The highest BCUT2D eigenvalue weighted by Gasteiger charge is 2.12. The van der Waals surface area contributed by atoms with Gasteiger partial charge in [0.25, 0.3) is 5.91 Å². The summed E-state index contributed by atoms with van der Waals surface area (Å²) < 4.78 is 0. The molecule has 0 aliphatic rings. The zero-order chi connectivity index (χ0) is 20.8. The first kappa shape index (κ1) is 20.0. The number of anilines is 3. The highest BCUT2D eigenvalue weighted by Crippen LogP contribution is 2.18. The van der Waals surface area contributed by atoms with Crippen molar-refractivity contribution in [1.29, 1.82) is 0 Å². The van der Waals surface area contributed by atoms with E-state index >= 15 is 0 Å². The van der Waals surface area contributed by atoms with Crippen LogP contribution in [0.4, 0.5) is 16.5 Å². The van der Waals surface area contributed by atoms with Crippen molar-refractivity contribution in [3.63, 3.8) is 0 Å². The molecule has 9 nitrogen and oxygen atoms in total. The number of carbonyl (C=O) groups excluding carboxylic acids is 3. The van der Waals surface area contributed by atoms with E-state index < -0.39 is 5.91 Å². The molecule has 4 N–H and O–H groups in total. The van der Waals surface area contributed by atoms with E-state index in [9.17, 15) is 19.2 Å². The number of thiazole rings is 1. The quantitative estimate of drug-likeness (QED) is 0.494. The number of hydrogen-bond acceptors (Lipinski definition) is 6. The molecule has 3 aromatic rings. The summed E-state index contributed by atoms with van der Waals surface area (Å²) in [5, 5.41) is 10.0. The number of aromatic nitrogens is 2. The zero-order valence-corrected chi connectivity index (χ0v) is 16.1. The minimum Gasteiger partial charge on any atom is -0.328 e. The predicted molar refractivity (Wildman–Crippen MR) is 110 cm³/mol. The molecule has 1 aromatic carbocycles. The topological polar surface area (TPSA) is 133 Å². The van der Waals surface area contributed by atoms with E-state index in [1.165, 1.54) is 36.6 Å². The van der Waals surface area contributed by atoms with Crippen LogP contribution in [0.5, 0.6) is 0 Å². The molecule has 0 radical (unpaired) electrons. The van der Waals surface area contributed by atoms with Crippen LogP contribution < -0.4 is 21.5 Å². The number of H-pyrrole nitrogens is 1. The Balaban J connectivity index is 1.57. The first-order valence-corrected chi connectivity index (χ1v) is 9.39. The number of carbonyl (C=O) groups is 3. The molecule has 0 atom stereocenters. The Bertz CT molecular complexity index is 1100. The average Bonchev–Trinajstić information content (AvgIpc) is 3.08. The molecular formula is C19H17N5O4S. The van der Waals surface area contributed by atoms with Crippen LogP contribution in [0.3, 0.4) is 0 Å². The van der Waals surface area contributed by atoms with Gasteiger partial charge in [-0.05, 0) is 24.3 Å². The van der Waals surface area contributed by atoms with Crippen LogP contribution in [0.15, 0.2) is 52.8 Å². The van der Waals surface area contributed by atoms with Crippen LogP contribution in [0.2, 0.25) is 0 Å². The minimum atomic E-state index is -0.415. The van der Waals surface area contributed by atoms with Gasteiger partial charge in [0.15, 0.2) is 5.13 Å². The third-order valence-corrected chi connectivity index (χ3v) is 4.43. The molecule has 2 heterocycles. The fourth-order valence-electron chi connectivity index (χ4n) is 2.41. The molecule has 0 aliphatic heterocycles. The number of nitrogens with zero attached hydrogens (tertiary/aromatic N) is 1. The molecule has 0 aliphatic carbocycles. The highest BCUT2D eigenvalue weighted by molar-refractivity contribution is 7.14. The van der Waals surface area contributed by atoms with Crippen LogP contribution >= 0.6 is 11.3 Å². The van der Waals surface area contributed by atoms with Crippen LogP contribution in [-0.2, 0) is 16.0 Å². The van der Waals surface area contributed by atoms with Gasteiger partial charge in [0.2, 0.25) is 17.4 Å². The summed E-state index contributed by atoms with van der Waals surface area (Å²) in [6.07, 6.45) is 1.34. The minimum absolute atomic E-state index is 0.0232. The number of benzene rings is 1. The molecule has 2 aromatic heterocycles. The van der Waals surface area contributed by atoms with E-state index in [1.807, 2.05) is 0 Å². The van der Waals surface area contributed by atoms with Gasteiger partial charge >= 0.3 is 0 Å². The van der Waals surface area contributed by atoms with E-state index in [-0.39, 0.29) is 29.4 Å². The second kappa shape index (κ2) is 8.93. The molecule has 0 saturated heterocycles. The average molecular weight is 411 g/mol. The van der Waals surface area contributed by atoms with Crippen molar-refractivity contribution in [1.82, 2.24) is 9.97 Å². The molecule has 29 heavy (non-hydrogen) atoms. The second-order valence-electron chi connectivity index (χ2n) is 6.03. The lowest BCUT2D eigenvalue weighted by Gasteiger charge is -2.07. The van der Waals surface area contributed by atoms with Gasteiger partial charge in [0.1, 0.15) is 0 Å². The Labute approximate surface area is 169 Å². The molecule has 0 fully saturated rings. The van der Waals surface area contributed by atoms with Crippen molar-refractivity contribution in [3.8, 4) is 0 Å². The Kier molecular flexibility index (Phi) is 6.15. The number of aromatic amines is 1. The van der Waals surface area contributed by atoms with Crippen molar-refractivity contribution in [2.45, 2.75) is 13.3 Å². The number of pyridine rings is 1. The zero-order valence-electron chi connectivity index (χ0n) is 15.3. The van der Waals surface area contributed by atoms with Gasteiger partial charge in [-0.1, -0.05) is 6.07 Å². The van der Waals surface area contributed by atoms with E-state index in [1.54, 1.807) is 29.6 Å². The van der Waals surface area contributed by atoms with E-state index in [0.717, 1.165) is 0 Å². The predicted octanol–water partition coefficient (Wildman–Crippen LogP) is 2.22. The largest absolute Gasteiger partial charge is 0.328 e. The first-order chi connectivity index (χ1) is 13.9. The molecule has 148 valence electrons. The lowest BCUT2D eigenvalue weighted by Crippen LogP contribution is -2.16. The number of nitrogens with one attached hydrogen (secondary N) is 4. The molecule has 0 unspecified atom stereocenters. The van der Waals surface area contributed by atoms with Crippen molar-refractivity contribution in [3.05, 3.63) is 69.6 Å². The van der Waals surface area contributed by atoms with Crippen LogP contribution in [0, 0.1) is 0 Å². The third-order valence-electron chi connectivity index (χ3n) is 3.63. The van der Waals surface area contributed by atoms with E-state index in [0.29, 0.717) is 22.2 Å². The van der Waals surface area contributed by atoms with Crippen molar-refractivity contribution < 1.29 is 14.4 Å². The van der Waals surface area contributed by atoms with Gasteiger partial charge in [-0.25, -0.2) is 4.98 Å². The van der Waals surface area contributed by atoms with Crippen molar-refractivity contribution in [2.24, 2.45) is 0 Å². The summed E-state index contributed by atoms with van der Waals surface area (Å²) >= 11 is 1.19. The summed E-state index contributed by atoms with van der Waals surface area (Å²) in [6, 6.07) is 9.46. The lowest BCUT2D eigenvalue weighted by atomic mass is 10.2. The monoisotopic (exact) mass is 411 g/mol. The van der Waals surface area contributed by atoms with Gasteiger partial charge in [-0.2, -0.15) is 0 Å². The van der Waals surface area contributed by atoms with E-state index in [4.69, 9.17) is 0 Å². The number of hydrogen-bond donors (Lipinski definition) is 4. The van der Waals surface area contributed by atoms with Crippen molar-refractivity contribution in [2.75, 3.05) is 16.0 Å². The summed E-state index contributed by atoms with van der Waals surface area (Å²) in [5.74, 6) is -0.900. The van der Waals surface area contributed by atoms with Gasteiger partial charge in [-0.15, -0.1) is 11.3 Å². The smallest absolute Gasteiger partial charge is 0.258 e. The van der Waals surface area contributed by atoms with Crippen molar-refractivity contribution >= 4 is 45.6 Å². The fraction of sp³-hybridized carbons (Fsp3) is 0.105. The second-order valence-corrected chi connectivity index (χ2v) is 6.88. The van der Waals surface area contributed by atoms with Crippen LogP contribution in [0.25, 0.3) is 0 Å². The standard InChI is InChI=1S/C19H17N5O4S/c1-11(25)21-13-3-2-4-14(7-13)22-17(27)8-15-10-29-19(23-15)24-18(28)12-5-6-16(26)20-9-12/h2-7,9-10H,8H2,1H3,(H,20,26)(H,21,25)(H,22,27)(H,23,24,28). The van der Waals surface area contributed by atoms with Gasteiger partial charge in [0.05, 0.1) is 17.7 Å². The number of rotatable bonds is 6. The van der Waals surface area contributed by atoms with Crippen LogP contribution in [0.1, 0.15) is 23.0 Å². The summed E-state index contributed by atoms with van der Waals surface area (Å²) in [4.78, 5) is 53.2. The molecular weight excluding hydrogens is 394 g/mol. The maximum absolute atomic E-state index is 12.2. The maximum Gasteiger partial charge on any atom is 0.258 e. The summed E-state index contributed by atoms with van der Waals surface area (Å²) in [7, 11) is 0. The number of amides is 3. The van der Waals surface area contributed by atoms with Crippen LogP contribution in [-0.4, -0.2) is 27.7 Å². The Morgan fingerprint density at radius 3 is 2.52 bits per heavy atom. The van der Waals surface area contributed by atoms with Gasteiger partial charge in [-0.3, -0.25) is 24.5 Å². The SMILES string of the molecule is CC(=O)Nc1cccc(NC(=O)Cc2csc(NC(=O)c3ccc(=O)[nH]c3)n2)c1. The molecule has 10 heteroatoms. The Morgan fingerprint density at radius 2 is 1.83 bits per heavy atom. The van der Waals surface area contributed by atoms with Gasteiger partial charge < -0.3 is 15.6 Å². The third kappa shape index (κ3) is 5.84. The normalized spacial score (nSPS) is 10.2. The molecule has 0 saturated carbocycles. The first-order valence-electron chi connectivity index (χ1n) is 8.51. The Hall–Kier alpha value is -3.79. The molecule has 0 spiro atoms. The lowest BCUT2D eigenvalue weighted by molar-refractivity contribution is -0.116. The molecule has 3 amide bonds. The summed E-state index contributed by atoms with van der Waals surface area (Å²) in [6.45, 7) is 1.40. The highest BCUT2D eigenvalue weighted by atomic mass is 32.1. The van der Waals surface area contributed by atoms with E-state index in [2.05, 4.69) is 25.9 Å². The fourth-order valence-corrected chi connectivity index (χ4v) is 3.12. The molecule has 0 bridgehead atoms. The van der Waals surface area contributed by atoms with Gasteiger partial charge in [0, 0.05) is 35.9 Å².